The minimum Gasteiger partial charge on any atom is -0.328 e. The number of pyridine rings is 1. The van der Waals surface area contributed by atoms with Crippen LogP contribution in [0.5, 0.6) is 0 Å². The number of nitrogens with zero attached hydrogens (tertiary/aromatic N) is 1. The topological polar surface area (TPSA) is 82.3 Å². The molecule has 0 spiro atoms. The van der Waals surface area contributed by atoms with Gasteiger partial charge in [0.1, 0.15) is 0 Å². The van der Waals surface area contributed by atoms with Crippen molar-refractivity contribution in [2.24, 2.45) is 0 Å². The van der Waals surface area contributed by atoms with Gasteiger partial charge in [0.05, 0.1) is 4.90 Å². The van der Waals surface area contributed by atoms with Crippen molar-refractivity contribution in [2.45, 2.75) is 42.5 Å². The van der Waals surface area contributed by atoms with Crippen molar-refractivity contribution in [1.29, 1.82) is 0 Å². The van der Waals surface area contributed by atoms with Crippen LogP contribution in [-0.2, 0) is 10.0 Å². The number of aromatic nitrogens is 1. The largest absolute Gasteiger partial charge is 0.328 e. The summed E-state index contributed by atoms with van der Waals surface area (Å²) in [6.45, 7) is 0.390. The number of H-pyrrole nitrogens is 1. The molecule has 1 aliphatic rings. The summed E-state index contributed by atoms with van der Waals surface area (Å²) in [5, 5.41) is 0. The van der Waals surface area contributed by atoms with Gasteiger partial charge in [0.15, 0.2) is 0 Å². The van der Waals surface area contributed by atoms with E-state index in [4.69, 9.17) is 0 Å². The summed E-state index contributed by atoms with van der Waals surface area (Å²) in [6, 6.07) is 2.54. The second kappa shape index (κ2) is 6.29. The maximum atomic E-state index is 12.3. The molecule has 2 N–H and O–H groups in total. The summed E-state index contributed by atoms with van der Waals surface area (Å²) >= 11 is 0. The fourth-order valence-electron chi connectivity index (χ4n) is 2.87. The normalized spacial score (nSPS) is 18.8. The number of aromatic amines is 1. The van der Waals surface area contributed by atoms with Crippen molar-refractivity contribution in [2.75, 3.05) is 20.6 Å². The van der Waals surface area contributed by atoms with Crippen molar-refractivity contribution < 1.29 is 8.42 Å². The molecule has 0 atom stereocenters. The third-order valence-corrected chi connectivity index (χ3v) is 5.79. The van der Waals surface area contributed by atoms with Gasteiger partial charge in [-0.15, -0.1) is 0 Å². The van der Waals surface area contributed by atoms with Gasteiger partial charge in [-0.05, 0) is 33.0 Å². The SMILES string of the molecule is CN(C)C1(CNS(=O)(=O)c2ccc(=O)[nH]c2)CCCCC1. The zero-order valence-corrected chi connectivity index (χ0v) is 13.4. The van der Waals surface area contributed by atoms with Gasteiger partial charge in [0.2, 0.25) is 15.6 Å². The number of hydrogen-bond acceptors (Lipinski definition) is 4. The van der Waals surface area contributed by atoms with E-state index in [-0.39, 0.29) is 16.0 Å². The Balaban J connectivity index is 2.13. The van der Waals surface area contributed by atoms with Gasteiger partial charge in [-0.2, -0.15) is 0 Å². The fraction of sp³-hybridized carbons (Fsp3) is 0.643. The molecule has 0 unspecified atom stereocenters. The van der Waals surface area contributed by atoms with E-state index in [0.29, 0.717) is 6.54 Å². The summed E-state index contributed by atoms with van der Waals surface area (Å²) in [4.78, 5) is 15.6. The fourth-order valence-corrected chi connectivity index (χ4v) is 3.95. The maximum absolute atomic E-state index is 12.3. The zero-order valence-electron chi connectivity index (χ0n) is 12.6. The van der Waals surface area contributed by atoms with Crippen LogP contribution in [0.3, 0.4) is 0 Å². The lowest BCUT2D eigenvalue weighted by Crippen LogP contribution is -2.53. The van der Waals surface area contributed by atoms with Gasteiger partial charge < -0.3 is 9.88 Å². The number of nitrogens with one attached hydrogen (secondary N) is 2. The van der Waals surface area contributed by atoms with Crippen LogP contribution in [0.15, 0.2) is 28.0 Å². The highest BCUT2D eigenvalue weighted by Gasteiger charge is 2.35. The lowest BCUT2D eigenvalue weighted by atomic mass is 9.81. The van der Waals surface area contributed by atoms with Gasteiger partial charge >= 0.3 is 0 Å². The molecule has 0 aliphatic heterocycles. The molecule has 7 heteroatoms. The molecule has 0 amide bonds. The Morgan fingerprint density at radius 1 is 1.24 bits per heavy atom. The monoisotopic (exact) mass is 313 g/mol. The third kappa shape index (κ3) is 3.72. The van der Waals surface area contributed by atoms with Gasteiger partial charge in [0, 0.05) is 24.3 Å². The van der Waals surface area contributed by atoms with E-state index in [2.05, 4.69) is 14.6 Å². The number of sulfonamides is 1. The van der Waals surface area contributed by atoms with E-state index in [9.17, 15) is 13.2 Å². The second-order valence-electron chi connectivity index (χ2n) is 5.89. The predicted molar refractivity (Wildman–Crippen MR) is 81.8 cm³/mol. The third-order valence-electron chi connectivity index (χ3n) is 4.39. The Morgan fingerprint density at radius 3 is 2.43 bits per heavy atom. The first kappa shape index (κ1) is 16.2. The Kier molecular flexibility index (Phi) is 4.85. The van der Waals surface area contributed by atoms with Gasteiger partial charge in [-0.1, -0.05) is 19.3 Å². The molecule has 2 rings (SSSR count). The van der Waals surface area contributed by atoms with Gasteiger partial charge in [-0.3, -0.25) is 4.79 Å². The van der Waals surface area contributed by atoms with Crippen LogP contribution in [0, 0.1) is 0 Å². The van der Waals surface area contributed by atoms with Gasteiger partial charge in [0.25, 0.3) is 0 Å². The van der Waals surface area contributed by atoms with Gasteiger partial charge in [-0.25, -0.2) is 13.1 Å². The number of hydrogen-bond donors (Lipinski definition) is 2. The highest BCUT2D eigenvalue weighted by atomic mass is 32.2. The molecule has 0 radical (unpaired) electrons. The molecular weight excluding hydrogens is 290 g/mol. The molecule has 0 bridgehead atoms. The first-order valence-electron chi connectivity index (χ1n) is 7.22. The lowest BCUT2D eigenvalue weighted by Gasteiger charge is -2.43. The Morgan fingerprint density at radius 2 is 1.90 bits per heavy atom. The molecular formula is C14H23N3O3S. The lowest BCUT2D eigenvalue weighted by molar-refractivity contribution is 0.105. The van der Waals surface area contributed by atoms with Crippen LogP contribution in [0.25, 0.3) is 0 Å². The Labute approximate surface area is 125 Å². The predicted octanol–water partition coefficient (Wildman–Crippen LogP) is 0.918. The van der Waals surface area contributed by atoms with E-state index in [0.717, 1.165) is 25.7 Å². The Hall–Kier alpha value is -1.18. The molecule has 1 aromatic rings. The molecule has 1 aromatic heterocycles. The zero-order chi connectivity index (χ0) is 15.5. The van der Waals surface area contributed by atoms with Crippen molar-refractivity contribution in [3.63, 3.8) is 0 Å². The van der Waals surface area contributed by atoms with Crippen LogP contribution in [-0.4, -0.2) is 44.5 Å². The molecule has 1 heterocycles. The van der Waals surface area contributed by atoms with E-state index in [1.54, 1.807) is 0 Å². The van der Waals surface area contributed by atoms with Crippen LogP contribution < -0.4 is 10.3 Å². The van der Waals surface area contributed by atoms with Crippen molar-refractivity contribution in [3.8, 4) is 0 Å². The van der Waals surface area contributed by atoms with Crippen LogP contribution in [0.4, 0.5) is 0 Å². The molecule has 1 fully saturated rings. The minimum atomic E-state index is -3.59. The molecule has 1 saturated carbocycles. The van der Waals surface area contributed by atoms with Crippen molar-refractivity contribution in [1.82, 2.24) is 14.6 Å². The molecule has 0 aromatic carbocycles. The summed E-state index contributed by atoms with van der Waals surface area (Å²) in [5.74, 6) is 0. The van der Waals surface area contributed by atoms with E-state index in [1.807, 2.05) is 14.1 Å². The van der Waals surface area contributed by atoms with E-state index < -0.39 is 10.0 Å². The smallest absolute Gasteiger partial charge is 0.247 e. The first-order valence-corrected chi connectivity index (χ1v) is 8.70. The molecule has 6 nitrogen and oxygen atoms in total. The highest BCUT2D eigenvalue weighted by molar-refractivity contribution is 7.89. The van der Waals surface area contributed by atoms with Crippen LogP contribution in [0.1, 0.15) is 32.1 Å². The van der Waals surface area contributed by atoms with E-state index in [1.165, 1.54) is 24.8 Å². The molecule has 118 valence electrons. The highest BCUT2D eigenvalue weighted by Crippen LogP contribution is 2.31. The van der Waals surface area contributed by atoms with Crippen molar-refractivity contribution in [3.05, 3.63) is 28.7 Å². The van der Waals surface area contributed by atoms with Crippen LogP contribution in [0.2, 0.25) is 0 Å². The minimum absolute atomic E-state index is 0.0896. The van der Waals surface area contributed by atoms with Crippen molar-refractivity contribution >= 4 is 10.0 Å². The quantitative estimate of drug-likeness (QED) is 0.847. The second-order valence-corrected chi connectivity index (χ2v) is 7.66. The average Bonchev–Trinajstić information content (AvgIpc) is 2.46. The summed E-state index contributed by atoms with van der Waals surface area (Å²) in [7, 11) is 0.404. The van der Waals surface area contributed by atoms with E-state index >= 15 is 0 Å². The molecule has 1 aliphatic carbocycles. The number of rotatable bonds is 5. The number of likely N-dealkylation sites (N-methyl/N-ethyl adjacent to an activating group) is 1. The molecule has 21 heavy (non-hydrogen) atoms. The average molecular weight is 313 g/mol. The Bertz CT molecular complexity index is 611. The summed E-state index contributed by atoms with van der Waals surface area (Å²) in [6.07, 6.45) is 6.68. The maximum Gasteiger partial charge on any atom is 0.247 e. The summed E-state index contributed by atoms with van der Waals surface area (Å²) in [5.41, 5.74) is -0.431. The summed E-state index contributed by atoms with van der Waals surface area (Å²) < 4.78 is 27.3. The molecule has 0 saturated heterocycles. The van der Waals surface area contributed by atoms with Crippen LogP contribution >= 0.6 is 0 Å². The first-order chi connectivity index (χ1) is 9.86. The standard InChI is InChI=1S/C14H23N3O3S/c1-17(2)14(8-4-3-5-9-14)11-16-21(19,20)12-6-7-13(18)15-10-12/h6-7,10,16H,3-5,8-9,11H2,1-2H3,(H,15,18).